The van der Waals surface area contributed by atoms with Gasteiger partial charge in [0.05, 0.1) is 11.4 Å². The molecule has 0 spiro atoms. The molecule has 0 saturated heterocycles. The molecule has 0 bridgehead atoms. The van der Waals surface area contributed by atoms with Crippen molar-refractivity contribution in [2.24, 2.45) is 0 Å². The summed E-state index contributed by atoms with van der Waals surface area (Å²) in [6.07, 6.45) is 0. The van der Waals surface area contributed by atoms with Gasteiger partial charge in [0.1, 0.15) is 0 Å². The van der Waals surface area contributed by atoms with Crippen molar-refractivity contribution in [2.45, 2.75) is 19.8 Å². The largest absolute Gasteiger partial charge is 0.397 e. The molecule has 1 aromatic rings. The van der Waals surface area contributed by atoms with Crippen molar-refractivity contribution >= 4 is 11.4 Å². The van der Waals surface area contributed by atoms with E-state index in [0.29, 0.717) is 5.92 Å². The lowest BCUT2D eigenvalue weighted by atomic mass is 10.0. The van der Waals surface area contributed by atoms with E-state index < -0.39 is 0 Å². The summed E-state index contributed by atoms with van der Waals surface area (Å²) in [5.41, 5.74) is 8.91. The molecule has 2 heteroatoms. The molecule has 0 aliphatic rings. The zero-order valence-electron chi connectivity index (χ0n) is 7.89. The van der Waals surface area contributed by atoms with Gasteiger partial charge in [0, 0.05) is 7.05 Å². The number of hydrogen-bond acceptors (Lipinski definition) is 2. The van der Waals surface area contributed by atoms with Crippen LogP contribution in [-0.4, -0.2) is 7.05 Å². The first-order valence-electron chi connectivity index (χ1n) is 4.22. The highest BCUT2D eigenvalue weighted by Crippen LogP contribution is 2.23. The summed E-state index contributed by atoms with van der Waals surface area (Å²) in [5, 5.41) is 3.04. The molecule has 0 atom stereocenters. The van der Waals surface area contributed by atoms with Gasteiger partial charge in [-0.25, -0.2) is 0 Å². The van der Waals surface area contributed by atoms with Crippen LogP contribution in [0.25, 0.3) is 0 Å². The highest BCUT2D eigenvalue weighted by molar-refractivity contribution is 5.66. The molecule has 3 N–H and O–H groups in total. The van der Waals surface area contributed by atoms with Crippen LogP contribution in [0.4, 0.5) is 11.4 Å². The highest BCUT2D eigenvalue weighted by Gasteiger charge is 2.01. The van der Waals surface area contributed by atoms with Crippen molar-refractivity contribution < 1.29 is 0 Å². The zero-order valence-corrected chi connectivity index (χ0v) is 7.89. The molecule has 0 radical (unpaired) electrons. The van der Waals surface area contributed by atoms with Crippen molar-refractivity contribution in [2.75, 3.05) is 18.1 Å². The lowest BCUT2D eigenvalue weighted by Crippen LogP contribution is -1.97. The molecule has 0 aromatic heterocycles. The van der Waals surface area contributed by atoms with Crippen molar-refractivity contribution in [3.63, 3.8) is 0 Å². The molecule has 1 aromatic carbocycles. The fourth-order valence-electron chi connectivity index (χ4n) is 1.17. The molecule has 0 heterocycles. The van der Waals surface area contributed by atoms with E-state index in [4.69, 9.17) is 5.73 Å². The van der Waals surface area contributed by atoms with Crippen molar-refractivity contribution in [1.29, 1.82) is 0 Å². The highest BCUT2D eigenvalue weighted by atomic mass is 14.8. The van der Waals surface area contributed by atoms with Gasteiger partial charge in [-0.15, -0.1) is 0 Å². The van der Waals surface area contributed by atoms with Crippen LogP contribution in [0.1, 0.15) is 25.3 Å². The fourth-order valence-corrected chi connectivity index (χ4v) is 1.17. The van der Waals surface area contributed by atoms with Crippen molar-refractivity contribution in [3.8, 4) is 0 Å². The molecule has 1 rings (SSSR count). The Labute approximate surface area is 73.8 Å². The predicted octanol–water partition coefficient (Wildman–Crippen LogP) is 2.43. The second-order valence-corrected chi connectivity index (χ2v) is 3.25. The summed E-state index contributed by atoms with van der Waals surface area (Å²) in [6, 6.07) is 6.15. The Bertz CT molecular complexity index is 267. The summed E-state index contributed by atoms with van der Waals surface area (Å²) in [6.45, 7) is 4.32. The molecule has 0 unspecified atom stereocenters. The lowest BCUT2D eigenvalue weighted by Gasteiger charge is -2.09. The van der Waals surface area contributed by atoms with Gasteiger partial charge in [-0.3, -0.25) is 0 Å². The van der Waals surface area contributed by atoms with Crippen LogP contribution in [0, 0.1) is 0 Å². The monoisotopic (exact) mass is 164 g/mol. The predicted molar refractivity (Wildman–Crippen MR) is 54.5 cm³/mol. The number of nitrogens with one attached hydrogen (secondary N) is 1. The third-order valence-corrected chi connectivity index (χ3v) is 2.01. The number of anilines is 2. The summed E-state index contributed by atoms with van der Waals surface area (Å²) in [7, 11) is 1.88. The van der Waals surface area contributed by atoms with Crippen molar-refractivity contribution in [3.05, 3.63) is 23.8 Å². The minimum Gasteiger partial charge on any atom is -0.397 e. The van der Waals surface area contributed by atoms with Crippen LogP contribution in [0.5, 0.6) is 0 Å². The molecular formula is C10H16N2. The molecule has 12 heavy (non-hydrogen) atoms. The second kappa shape index (κ2) is 3.48. The van der Waals surface area contributed by atoms with E-state index in [2.05, 4.69) is 25.2 Å². The molecule has 0 saturated carbocycles. The smallest absolute Gasteiger partial charge is 0.0571 e. The van der Waals surface area contributed by atoms with E-state index >= 15 is 0 Å². The quantitative estimate of drug-likeness (QED) is 0.659. The van der Waals surface area contributed by atoms with Gasteiger partial charge in [-0.05, 0) is 23.6 Å². The first kappa shape index (κ1) is 8.91. The topological polar surface area (TPSA) is 38.0 Å². The van der Waals surface area contributed by atoms with E-state index in [1.165, 1.54) is 5.56 Å². The maximum atomic E-state index is 5.81. The Morgan fingerprint density at radius 2 is 2.00 bits per heavy atom. The number of nitrogens with two attached hydrogens (primary N) is 1. The Balaban J connectivity index is 3.02. The first-order chi connectivity index (χ1) is 5.65. The van der Waals surface area contributed by atoms with Crippen LogP contribution in [-0.2, 0) is 0 Å². The molecular weight excluding hydrogens is 148 g/mol. The van der Waals surface area contributed by atoms with E-state index in [1.807, 2.05) is 19.2 Å². The van der Waals surface area contributed by atoms with Crippen LogP contribution < -0.4 is 11.1 Å². The summed E-state index contributed by atoms with van der Waals surface area (Å²) in [4.78, 5) is 0. The number of nitrogen functional groups attached to an aromatic ring is 1. The average molecular weight is 164 g/mol. The van der Waals surface area contributed by atoms with Crippen LogP contribution in [0.2, 0.25) is 0 Å². The van der Waals surface area contributed by atoms with Crippen LogP contribution in [0.3, 0.4) is 0 Å². The Morgan fingerprint density at radius 1 is 1.33 bits per heavy atom. The SMILES string of the molecule is CNc1ccc(C(C)C)cc1N. The molecule has 0 amide bonds. The molecule has 2 nitrogen and oxygen atoms in total. The lowest BCUT2D eigenvalue weighted by molar-refractivity contribution is 0.867. The molecule has 0 aliphatic heterocycles. The molecule has 0 aliphatic carbocycles. The maximum Gasteiger partial charge on any atom is 0.0571 e. The number of hydrogen-bond donors (Lipinski definition) is 2. The summed E-state index contributed by atoms with van der Waals surface area (Å²) >= 11 is 0. The fraction of sp³-hybridized carbons (Fsp3) is 0.400. The minimum absolute atomic E-state index is 0.540. The van der Waals surface area contributed by atoms with E-state index in [9.17, 15) is 0 Å². The van der Waals surface area contributed by atoms with E-state index in [-0.39, 0.29) is 0 Å². The number of rotatable bonds is 2. The molecule has 66 valence electrons. The minimum atomic E-state index is 0.540. The standard InChI is InChI=1S/C10H16N2/c1-7(2)8-4-5-10(12-3)9(11)6-8/h4-7,12H,11H2,1-3H3. The summed E-state index contributed by atoms with van der Waals surface area (Å²) in [5.74, 6) is 0.540. The Morgan fingerprint density at radius 3 is 2.42 bits per heavy atom. The third-order valence-electron chi connectivity index (χ3n) is 2.01. The normalized spacial score (nSPS) is 10.3. The number of benzene rings is 1. The van der Waals surface area contributed by atoms with Gasteiger partial charge in [0.15, 0.2) is 0 Å². The maximum absolute atomic E-state index is 5.81. The van der Waals surface area contributed by atoms with Gasteiger partial charge in [0.25, 0.3) is 0 Å². The van der Waals surface area contributed by atoms with E-state index in [0.717, 1.165) is 11.4 Å². The van der Waals surface area contributed by atoms with Crippen molar-refractivity contribution in [1.82, 2.24) is 0 Å². The van der Waals surface area contributed by atoms with E-state index in [1.54, 1.807) is 0 Å². The van der Waals surface area contributed by atoms with Crippen LogP contribution >= 0.6 is 0 Å². The Kier molecular flexibility index (Phi) is 2.58. The van der Waals surface area contributed by atoms with Gasteiger partial charge >= 0.3 is 0 Å². The van der Waals surface area contributed by atoms with Gasteiger partial charge in [-0.2, -0.15) is 0 Å². The van der Waals surface area contributed by atoms with Gasteiger partial charge in [-0.1, -0.05) is 19.9 Å². The first-order valence-corrected chi connectivity index (χ1v) is 4.22. The average Bonchev–Trinajstić information content (AvgIpc) is 2.04. The van der Waals surface area contributed by atoms with Crippen LogP contribution in [0.15, 0.2) is 18.2 Å². The van der Waals surface area contributed by atoms with Gasteiger partial charge < -0.3 is 11.1 Å². The summed E-state index contributed by atoms with van der Waals surface area (Å²) < 4.78 is 0. The zero-order chi connectivity index (χ0) is 9.14. The second-order valence-electron chi connectivity index (χ2n) is 3.25. The van der Waals surface area contributed by atoms with Gasteiger partial charge in [0.2, 0.25) is 0 Å². The third kappa shape index (κ3) is 1.70. The Hall–Kier alpha value is -1.18. The molecule has 0 fully saturated rings.